The van der Waals surface area contributed by atoms with Crippen LogP contribution < -0.4 is 9.94 Å². The molecule has 0 radical (unpaired) electrons. The Hall–Kier alpha value is -1.27. The van der Waals surface area contributed by atoms with Crippen LogP contribution in [-0.4, -0.2) is 26.6 Å². The van der Waals surface area contributed by atoms with Gasteiger partial charge < -0.3 is 0 Å². The molecule has 2 rings (SSSR count). The largest absolute Gasteiger partial charge is 0.285 e. The summed E-state index contributed by atoms with van der Waals surface area (Å²) in [6.45, 7) is 0. The number of primary sulfonamides is 1. The number of nitrogens with zero attached hydrogens (tertiary/aromatic N) is 3. The first kappa shape index (κ1) is 16.1. The molecule has 0 aliphatic rings. The molecule has 21 heavy (non-hydrogen) atoms. The van der Waals surface area contributed by atoms with Crippen molar-refractivity contribution >= 4 is 43.0 Å². The van der Waals surface area contributed by atoms with E-state index in [1.807, 2.05) is 0 Å². The third-order valence-corrected chi connectivity index (χ3v) is 6.20. The van der Waals surface area contributed by atoms with Gasteiger partial charge in [-0.15, -0.1) is 9.50 Å². The van der Waals surface area contributed by atoms with Crippen LogP contribution >= 0.6 is 22.9 Å². The second-order valence-corrected chi connectivity index (χ2v) is 8.57. The van der Waals surface area contributed by atoms with E-state index in [4.69, 9.17) is 16.7 Å². The molecular weight excluding hydrogens is 360 g/mol. The Labute approximate surface area is 129 Å². The van der Waals surface area contributed by atoms with E-state index < -0.39 is 24.4 Å². The number of benzene rings is 1. The molecule has 0 saturated heterocycles. The third-order valence-electron chi connectivity index (χ3n) is 2.24. The summed E-state index contributed by atoms with van der Waals surface area (Å²) in [4.78, 5) is -0.188. The van der Waals surface area contributed by atoms with Gasteiger partial charge in [-0.2, -0.15) is 8.42 Å². The zero-order valence-electron chi connectivity index (χ0n) is 10.5. The van der Waals surface area contributed by atoms with Gasteiger partial charge in [0.15, 0.2) is 0 Å². The first-order chi connectivity index (χ1) is 9.59. The lowest BCUT2D eigenvalue weighted by Crippen LogP contribution is -2.15. The van der Waals surface area contributed by atoms with Crippen LogP contribution in [0.3, 0.4) is 0 Å². The Morgan fingerprint density at radius 3 is 2.29 bits per heavy atom. The smallest absolute Gasteiger partial charge is 0.239 e. The van der Waals surface area contributed by atoms with Crippen LogP contribution in [0, 0.1) is 0 Å². The minimum absolute atomic E-state index is 0.0718. The van der Waals surface area contributed by atoms with Crippen LogP contribution in [0.2, 0.25) is 5.02 Å². The van der Waals surface area contributed by atoms with E-state index in [0.29, 0.717) is 16.4 Å². The van der Waals surface area contributed by atoms with Crippen molar-refractivity contribution in [1.82, 2.24) is 9.78 Å². The molecule has 0 bridgehead atoms. The van der Waals surface area contributed by atoms with Crippen molar-refractivity contribution in [3.8, 4) is 0 Å². The monoisotopic (exact) mass is 368 g/mol. The molecule has 0 saturated carbocycles. The van der Waals surface area contributed by atoms with E-state index >= 15 is 0 Å². The molecule has 1 aromatic carbocycles. The molecule has 1 aromatic heterocycles. The number of rotatable bonds is 3. The van der Waals surface area contributed by atoms with Crippen molar-refractivity contribution in [2.45, 2.75) is 9.24 Å². The molecule has 0 spiro atoms. The van der Waals surface area contributed by atoms with Crippen LogP contribution in [0.1, 0.15) is 0 Å². The molecule has 8 nitrogen and oxygen atoms in total. The van der Waals surface area contributed by atoms with Gasteiger partial charge in [0.25, 0.3) is 20.0 Å². The lowest BCUT2D eigenvalue weighted by Gasteiger charge is -1.97. The van der Waals surface area contributed by atoms with E-state index in [-0.39, 0.29) is 9.70 Å². The molecule has 0 atom stereocenters. The van der Waals surface area contributed by atoms with Gasteiger partial charge in [-0.05, 0) is 24.3 Å². The molecule has 12 heteroatoms. The molecule has 0 fully saturated rings. The minimum atomic E-state index is -4.02. The van der Waals surface area contributed by atoms with Crippen LogP contribution in [-0.2, 0) is 27.1 Å². The second-order valence-electron chi connectivity index (χ2n) is 3.84. The van der Waals surface area contributed by atoms with Crippen molar-refractivity contribution in [2.75, 3.05) is 0 Å². The molecule has 0 unspecified atom stereocenters. The Bertz CT molecular complexity index is 942. The van der Waals surface area contributed by atoms with Crippen LogP contribution in [0.15, 0.2) is 37.9 Å². The Balaban J connectivity index is 2.58. The van der Waals surface area contributed by atoms with Gasteiger partial charge in [0, 0.05) is 12.1 Å². The maximum Gasteiger partial charge on any atom is 0.285 e. The maximum atomic E-state index is 12.1. The Morgan fingerprint density at radius 2 is 1.81 bits per heavy atom. The number of aromatic nitrogens is 2. The Morgan fingerprint density at radius 1 is 1.24 bits per heavy atom. The maximum absolute atomic E-state index is 12.1. The fourth-order valence-electron chi connectivity index (χ4n) is 1.28. The SMILES string of the molecule is Cn1nc(S(N)(=O)=O)s/c1=N/S(=O)(=O)c1ccc(Cl)cc1. The normalized spacial score (nSPS) is 13.6. The summed E-state index contributed by atoms with van der Waals surface area (Å²) in [5, 5.41) is 8.93. The number of aryl methyl sites for hydroxylation is 1. The predicted molar refractivity (Wildman–Crippen MR) is 76.7 cm³/mol. The van der Waals surface area contributed by atoms with Gasteiger partial charge in [0.05, 0.1) is 4.90 Å². The van der Waals surface area contributed by atoms with E-state index in [2.05, 4.69) is 9.50 Å². The topological polar surface area (TPSA) is 124 Å². The van der Waals surface area contributed by atoms with Crippen LogP contribution in [0.5, 0.6) is 0 Å². The fraction of sp³-hybridized carbons (Fsp3) is 0.111. The zero-order chi connectivity index (χ0) is 15.8. The summed E-state index contributed by atoms with van der Waals surface area (Å²) in [7, 11) is -6.66. The van der Waals surface area contributed by atoms with Gasteiger partial charge >= 0.3 is 0 Å². The van der Waals surface area contributed by atoms with Gasteiger partial charge in [0.1, 0.15) is 0 Å². The molecule has 0 aliphatic carbocycles. The summed E-state index contributed by atoms with van der Waals surface area (Å²) in [6.07, 6.45) is 0. The second kappa shape index (κ2) is 5.50. The van der Waals surface area contributed by atoms with Crippen LogP contribution in [0.4, 0.5) is 0 Å². The van der Waals surface area contributed by atoms with Crippen molar-refractivity contribution < 1.29 is 16.8 Å². The summed E-state index contributed by atoms with van der Waals surface area (Å²) in [5.74, 6) is 0. The van der Waals surface area contributed by atoms with Gasteiger partial charge in [-0.1, -0.05) is 22.9 Å². The fourth-order valence-corrected chi connectivity index (χ4v) is 4.18. The first-order valence-electron chi connectivity index (χ1n) is 5.23. The Kier molecular flexibility index (Phi) is 4.22. The number of nitrogens with two attached hydrogens (primary N) is 1. The summed E-state index contributed by atoms with van der Waals surface area (Å²) in [5.41, 5.74) is 0. The summed E-state index contributed by atoms with van der Waals surface area (Å²) >= 11 is 6.24. The van der Waals surface area contributed by atoms with Crippen molar-refractivity contribution in [3.05, 3.63) is 34.1 Å². The third kappa shape index (κ3) is 3.68. The van der Waals surface area contributed by atoms with E-state index in [0.717, 1.165) is 4.68 Å². The highest BCUT2D eigenvalue weighted by Gasteiger charge is 2.17. The standard InChI is InChI=1S/C9H9ClN4O4S3/c1-14-8(19-9(12-14)20(11,15)16)13-21(17,18)7-4-2-6(10)3-5-7/h2-5H,1H3,(H2,11,15,16)/b13-8+. The number of hydrogen-bond donors (Lipinski definition) is 1. The molecule has 0 amide bonds. The highest BCUT2D eigenvalue weighted by molar-refractivity contribution is 7.91. The summed E-state index contributed by atoms with van der Waals surface area (Å²) in [6, 6.07) is 5.41. The average Bonchev–Trinajstić information content (AvgIpc) is 2.71. The molecule has 2 aromatic rings. The molecule has 0 aliphatic heterocycles. The highest BCUT2D eigenvalue weighted by atomic mass is 35.5. The number of halogens is 1. The van der Waals surface area contributed by atoms with E-state index in [1.165, 1.54) is 31.3 Å². The van der Waals surface area contributed by atoms with Crippen molar-refractivity contribution in [1.29, 1.82) is 0 Å². The number of hydrogen-bond acceptors (Lipinski definition) is 6. The molecule has 114 valence electrons. The minimum Gasteiger partial charge on any atom is -0.239 e. The van der Waals surface area contributed by atoms with E-state index in [1.54, 1.807) is 0 Å². The average molecular weight is 369 g/mol. The van der Waals surface area contributed by atoms with Gasteiger partial charge in [-0.25, -0.2) is 18.2 Å². The summed E-state index contributed by atoms with van der Waals surface area (Å²) < 4.78 is 50.7. The van der Waals surface area contributed by atoms with Gasteiger partial charge in [0.2, 0.25) is 9.14 Å². The lowest BCUT2D eigenvalue weighted by molar-refractivity contribution is 0.589. The molecular formula is C9H9ClN4O4S3. The molecule has 2 N–H and O–H groups in total. The van der Waals surface area contributed by atoms with Crippen molar-refractivity contribution in [2.24, 2.45) is 16.6 Å². The predicted octanol–water partition coefficient (Wildman–Crippen LogP) is 0.0720. The van der Waals surface area contributed by atoms with Crippen molar-refractivity contribution in [3.63, 3.8) is 0 Å². The first-order valence-corrected chi connectivity index (χ1v) is 9.41. The number of sulfonamides is 2. The van der Waals surface area contributed by atoms with Crippen LogP contribution in [0.25, 0.3) is 0 Å². The zero-order valence-corrected chi connectivity index (χ0v) is 13.7. The van der Waals surface area contributed by atoms with Gasteiger partial charge in [-0.3, -0.25) is 0 Å². The highest BCUT2D eigenvalue weighted by Crippen LogP contribution is 2.16. The molecule has 1 heterocycles. The quantitative estimate of drug-likeness (QED) is 0.820. The van der Waals surface area contributed by atoms with E-state index in [9.17, 15) is 16.8 Å². The lowest BCUT2D eigenvalue weighted by atomic mass is 10.4.